The molecule has 0 fully saturated rings. The first-order chi connectivity index (χ1) is 65.3. The number of fused-ring (bicyclic) bond motifs is 6. The second kappa shape index (κ2) is 40.7. The zero-order valence-electron chi connectivity index (χ0n) is 75.5. The molecule has 1 atom stereocenters. The summed E-state index contributed by atoms with van der Waals surface area (Å²) in [6.07, 6.45) is 7.46. The number of benzene rings is 9. The quantitative estimate of drug-likeness (QED) is 0.00630. The van der Waals surface area contributed by atoms with Gasteiger partial charge in [0.15, 0.2) is 5.16 Å². The van der Waals surface area contributed by atoms with E-state index in [1.807, 2.05) is 97.3 Å². The summed E-state index contributed by atoms with van der Waals surface area (Å²) in [5, 5.41) is 18.8. The van der Waals surface area contributed by atoms with Crippen molar-refractivity contribution in [1.82, 2.24) is 60.8 Å². The van der Waals surface area contributed by atoms with Crippen LogP contribution in [0.25, 0.3) is 168 Å². The molecule has 35 nitrogen and oxygen atoms in total. The van der Waals surface area contributed by atoms with E-state index in [1.54, 1.807) is 36.4 Å². The van der Waals surface area contributed by atoms with Gasteiger partial charge in [-0.3, -0.25) is 31.5 Å². The summed E-state index contributed by atoms with van der Waals surface area (Å²) < 4.78 is 207. The predicted octanol–water partition coefficient (Wildman–Crippen LogP) is 12.6. The first kappa shape index (κ1) is 102. The van der Waals surface area contributed by atoms with Gasteiger partial charge in [0.25, 0.3) is 17.7 Å². The summed E-state index contributed by atoms with van der Waals surface area (Å²) in [5.41, 5.74) is 10.8. The van der Waals surface area contributed by atoms with Gasteiger partial charge < -0.3 is 48.7 Å². The van der Waals surface area contributed by atoms with Crippen molar-refractivity contribution in [2.24, 2.45) is 0 Å². The Balaban J connectivity index is 0.000000161. The fourth-order valence-electron chi connectivity index (χ4n) is 14.9. The van der Waals surface area contributed by atoms with E-state index in [1.165, 1.54) is 151 Å². The number of sulfonamides is 3. The van der Waals surface area contributed by atoms with E-state index in [4.69, 9.17) is 41.4 Å². The van der Waals surface area contributed by atoms with Crippen LogP contribution in [0.4, 0.5) is 30.2 Å². The predicted molar refractivity (Wildman–Crippen MR) is 520 cm³/mol. The van der Waals surface area contributed by atoms with E-state index in [0.717, 1.165) is 76.3 Å². The monoisotopic (exact) mass is 2050 g/mol. The number of amides is 3. The third-order valence-corrected chi connectivity index (χ3v) is 27.7. The van der Waals surface area contributed by atoms with Crippen molar-refractivity contribution in [3.63, 3.8) is 0 Å². The van der Waals surface area contributed by atoms with Crippen molar-refractivity contribution in [1.29, 1.82) is 0 Å². The van der Waals surface area contributed by atoms with Crippen LogP contribution in [0, 0.1) is 17.5 Å². The number of anilines is 3. The molecule has 9 heterocycles. The molecule has 0 bridgehead atoms. The van der Waals surface area contributed by atoms with Crippen LogP contribution in [0.3, 0.4) is 0 Å². The minimum Gasteiger partial charge on any atom is -0.724 e. The Morgan fingerprint density at radius 1 is 0.424 bits per heavy atom. The fourth-order valence-corrected chi connectivity index (χ4v) is 17.8. The van der Waals surface area contributed by atoms with Gasteiger partial charge in [-0.25, -0.2) is 90.4 Å². The molecule has 0 spiro atoms. The molecule has 9 aromatic heterocycles. The van der Waals surface area contributed by atoms with Crippen LogP contribution in [0.2, 0.25) is 0 Å². The van der Waals surface area contributed by atoms with E-state index in [2.05, 4.69) is 55.2 Å². The molecule has 3 amide bonds. The number of halogens is 3. The Labute approximate surface area is 841 Å². The molecular formula is C93H79F3KN15O20S7. The number of carbonyl (C=O) groups excluding carboxylic acids is 3. The summed E-state index contributed by atoms with van der Waals surface area (Å²) in [7, 11) is -13.1. The van der Waals surface area contributed by atoms with Gasteiger partial charge in [-0.15, -0.1) is 4.33 Å². The molecule has 139 heavy (non-hydrogen) atoms. The van der Waals surface area contributed by atoms with Gasteiger partial charge in [0.05, 0.1) is 115 Å². The molecule has 46 heteroatoms. The van der Waals surface area contributed by atoms with Gasteiger partial charge >= 0.3 is 51.4 Å². The summed E-state index contributed by atoms with van der Waals surface area (Å²) >= 11 is 1.35. The SMILES string of the molecule is CNC(=O)c1c(-c2ccc(F)cc2)oc2cc(N(C)S(C)(=O)=O)c(-c3cc(-c4cc5ccccc5[nH]4)nc(S(C)(=O)=O)n3)cc12.CNC(=O)c1c(-c2ccc(F)cc2)oc2cc(N(C)S(C)(=O)=O)c(-c3cc(-c4cc5ccccc5[nH]4)nc(S(C)=O)n3)cc12.CNC(=O)c1c(-c2ccc(F)cc2)oc2cc(N(C)S(C)(=O)=O)c(-c3cc(-c4cc5ccccc5[nH]4)nc(SC)n3)cc12.O=S(=O)([O-])OO.[K+]. The molecule has 0 saturated heterocycles. The zero-order valence-corrected chi connectivity index (χ0v) is 84.3. The fraction of sp³-hybridized carbons (Fsp3) is 0.129. The summed E-state index contributed by atoms with van der Waals surface area (Å²) in [5.74, 6) is -2.22. The first-order valence-electron chi connectivity index (χ1n) is 40.7. The van der Waals surface area contributed by atoms with Crippen molar-refractivity contribution in [3.8, 4) is 102 Å². The van der Waals surface area contributed by atoms with E-state index in [9.17, 15) is 65.4 Å². The number of hydrogen-bond donors (Lipinski definition) is 7. The van der Waals surface area contributed by atoms with Crippen molar-refractivity contribution in [3.05, 3.63) is 253 Å². The molecule has 18 aromatic rings. The molecule has 0 aliphatic rings. The minimum atomic E-state index is -4.86. The number of carbonyl (C=O) groups is 3. The molecule has 0 saturated carbocycles. The summed E-state index contributed by atoms with van der Waals surface area (Å²) in [6.45, 7) is 0. The van der Waals surface area contributed by atoms with Crippen LogP contribution in [-0.4, -0.2) is 199 Å². The number of nitrogens with one attached hydrogen (secondary N) is 6. The number of para-hydroxylation sites is 3. The van der Waals surface area contributed by atoms with Gasteiger partial charge in [0, 0.05) is 155 Å². The van der Waals surface area contributed by atoms with Gasteiger partial charge in [0.1, 0.15) is 51.5 Å². The van der Waals surface area contributed by atoms with Gasteiger partial charge in [-0.05, 0) is 152 Å². The number of hydrogen-bond acceptors (Lipinski definition) is 27. The number of thioether (sulfide) groups is 1. The molecule has 1 unspecified atom stereocenters. The molecule has 0 aliphatic heterocycles. The Hall–Kier alpha value is -13.2. The van der Waals surface area contributed by atoms with Gasteiger partial charge in [-0.2, -0.15) is 0 Å². The Morgan fingerprint density at radius 2 is 0.698 bits per heavy atom. The Morgan fingerprint density at radius 3 is 0.978 bits per heavy atom. The molecule has 710 valence electrons. The van der Waals surface area contributed by atoms with E-state index < -0.39 is 101 Å². The van der Waals surface area contributed by atoms with Crippen LogP contribution in [0.5, 0.6) is 0 Å². The third kappa shape index (κ3) is 22.0. The third-order valence-electron chi connectivity index (χ3n) is 21.8. The number of H-pyrrole nitrogens is 3. The first-order valence-corrected chi connectivity index (χ1v) is 52.2. The Bertz CT molecular complexity index is 8490. The summed E-state index contributed by atoms with van der Waals surface area (Å²) in [6, 6.07) is 59.6. The topological polar surface area (TPSA) is 501 Å². The van der Waals surface area contributed by atoms with Gasteiger partial charge in [-0.1, -0.05) is 66.4 Å². The van der Waals surface area contributed by atoms with E-state index in [0.29, 0.717) is 83.3 Å². The normalized spacial score (nSPS) is 12.0. The maximum absolute atomic E-state index is 13.7. The number of rotatable bonds is 22. The number of nitrogens with zero attached hydrogens (tertiary/aromatic N) is 9. The molecular weight excluding hydrogens is 1970 g/mol. The van der Waals surface area contributed by atoms with Crippen LogP contribution < -0.4 is 80.3 Å². The maximum atomic E-state index is 13.7. The van der Waals surface area contributed by atoms with Crippen LogP contribution >= 0.6 is 11.8 Å². The van der Waals surface area contributed by atoms with Gasteiger partial charge in [0.2, 0.25) is 60.6 Å². The maximum Gasteiger partial charge on any atom is 1.00 e. The largest absolute Gasteiger partial charge is 1.00 e. The minimum absolute atomic E-state index is 0. The number of aromatic nitrogens is 9. The van der Waals surface area contributed by atoms with Crippen molar-refractivity contribution >= 4 is 173 Å². The average molecular weight is 2050 g/mol. The Kier molecular flexibility index (Phi) is 29.8. The number of sulfone groups is 1. The van der Waals surface area contributed by atoms with Crippen LogP contribution in [-0.2, 0) is 65.4 Å². The summed E-state index contributed by atoms with van der Waals surface area (Å²) in [4.78, 5) is 76.8. The second-order valence-electron chi connectivity index (χ2n) is 31.0. The number of aromatic amines is 3. The van der Waals surface area contributed by atoms with Crippen molar-refractivity contribution in [2.75, 3.05) is 92.7 Å². The molecule has 0 aliphatic carbocycles. The smallest absolute Gasteiger partial charge is 0.724 e. The second-order valence-corrected chi connectivity index (χ2v) is 41.9. The van der Waals surface area contributed by atoms with E-state index in [-0.39, 0.29) is 141 Å². The number of furan rings is 3. The molecule has 9 aromatic carbocycles. The molecule has 7 N–H and O–H groups in total. The van der Waals surface area contributed by atoms with Crippen molar-refractivity contribution in [2.45, 2.75) is 15.5 Å². The van der Waals surface area contributed by atoms with Crippen LogP contribution in [0.15, 0.2) is 247 Å². The van der Waals surface area contributed by atoms with E-state index >= 15 is 0 Å². The van der Waals surface area contributed by atoms with Crippen molar-refractivity contribution < 1.29 is 153 Å². The van der Waals surface area contributed by atoms with Crippen LogP contribution in [0.1, 0.15) is 31.1 Å². The zero-order chi connectivity index (χ0) is 99.3. The molecule has 0 radical (unpaired) electrons. The molecule has 18 rings (SSSR count). The standard InChI is InChI=1S/C31H26FN5O6S2.C31H26FN5O5S2.C31H26FN5O4S2.K.H2O5S/c1-33-30(38)28-21-14-20(26(37(2)45(4,41)42)16-27(21)43-29(28)17-9-11-19(32)12-10-17)23-15-25(36-31(35-23)44(3,39)40)24-13-18-7-5-6-8-22(18)34-24;1-33-30(38)28-21-14-20(23-15-25(36-31(35-23)43(3)39)24-13-18-7-5-6-8-22(18)34-24)26(37(2)44(4,40)41)16-27(21)42-29(28)17-9-11-19(32)12-10-17;1-33-30(38)28-21-14-20(23-15-25(36-31(35-23)42-3)24-13-18-7-5-6-8-22(18)34-24)26(37(2)43(4,39)40)16-27(21)41-29(28)17-9-11-19(32)12-10-17;;1-5-6(2,3)4/h5-16,34H,1-4H3,(H,33,38);5-16,34H,1-4H3,(H,33,38);5-16,34H,1-4H3,(H,33,38);;1H,(H,2,3,4)/q;;;+1;/p-1. The average Bonchev–Trinajstić information content (AvgIpc) is 1.62.